The van der Waals surface area contributed by atoms with Gasteiger partial charge in [0.05, 0.1) is 28.1 Å². The van der Waals surface area contributed by atoms with Gasteiger partial charge in [-0.3, -0.25) is 9.69 Å². The number of carbonyl (C=O) groups excluding carboxylic acids is 1. The van der Waals surface area contributed by atoms with Crippen LogP contribution in [0.25, 0.3) is 0 Å². The third kappa shape index (κ3) is 2.48. The number of hydrogen-bond donors (Lipinski definition) is 1. The molecule has 1 saturated heterocycles. The highest BCUT2D eigenvalue weighted by Crippen LogP contribution is 2.57. The van der Waals surface area contributed by atoms with E-state index >= 15 is 4.39 Å². The van der Waals surface area contributed by atoms with Gasteiger partial charge in [0, 0.05) is 41.9 Å². The van der Waals surface area contributed by atoms with Gasteiger partial charge in [-0.25, -0.2) is 9.38 Å². The quantitative estimate of drug-likeness (QED) is 0.654. The molecule has 1 aromatic heterocycles. The summed E-state index contributed by atoms with van der Waals surface area (Å²) in [6, 6.07) is 8.69. The number of thiophene rings is 1. The number of benzene rings is 1. The zero-order valence-electron chi connectivity index (χ0n) is 18.5. The zero-order chi connectivity index (χ0) is 23.1. The number of nitriles is 1. The Labute approximate surface area is 200 Å². The van der Waals surface area contributed by atoms with Crippen LogP contribution in [0.15, 0.2) is 51.9 Å². The lowest BCUT2D eigenvalue weighted by atomic mass is 9.75. The number of aliphatic imine (C=N–C) groups is 1. The van der Waals surface area contributed by atoms with Crippen molar-refractivity contribution in [2.24, 2.45) is 10.7 Å². The molecule has 8 rings (SSSR count). The summed E-state index contributed by atoms with van der Waals surface area (Å²) in [5, 5.41) is 12.5. The van der Waals surface area contributed by atoms with Crippen molar-refractivity contribution >= 4 is 33.0 Å². The topological polar surface area (TPSA) is 85.7 Å². The van der Waals surface area contributed by atoms with E-state index < -0.39 is 11.7 Å². The number of carbonyl (C=O) groups is 1. The maximum Gasteiger partial charge on any atom is 0.161 e. The van der Waals surface area contributed by atoms with Crippen LogP contribution in [0, 0.1) is 17.1 Å². The summed E-state index contributed by atoms with van der Waals surface area (Å²) in [5.41, 5.74) is 10.8. The van der Waals surface area contributed by atoms with Gasteiger partial charge in [0.15, 0.2) is 11.6 Å². The van der Waals surface area contributed by atoms with Gasteiger partial charge < -0.3 is 10.6 Å². The van der Waals surface area contributed by atoms with E-state index in [9.17, 15) is 10.1 Å². The molecule has 0 saturated carbocycles. The second-order valence-electron chi connectivity index (χ2n) is 9.54. The minimum atomic E-state index is -0.770. The average molecular weight is 472 g/mol. The minimum absolute atomic E-state index is 0.0180. The lowest BCUT2D eigenvalue weighted by Gasteiger charge is -2.41. The molecule has 8 heteroatoms. The van der Waals surface area contributed by atoms with Crippen molar-refractivity contribution in [3.05, 3.63) is 69.4 Å². The molecule has 1 aromatic carbocycles. The molecule has 6 heterocycles. The number of amidine groups is 1. The van der Waals surface area contributed by atoms with Gasteiger partial charge >= 0.3 is 0 Å². The van der Waals surface area contributed by atoms with Gasteiger partial charge in [-0.2, -0.15) is 5.26 Å². The first-order valence-corrected chi connectivity index (χ1v) is 12.6. The number of nitrogens with two attached hydrogens (primary N) is 1. The van der Waals surface area contributed by atoms with E-state index in [2.05, 4.69) is 11.0 Å². The highest BCUT2D eigenvalue weighted by Gasteiger charge is 2.47. The monoisotopic (exact) mass is 471 g/mol. The van der Waals surface area contributed by atoms with Crippen LogP contribution in [0.5, 0.6) is 0 Å². The Bertz CT molecular complexity index is 1420. The van der Waals surface area contributed by atoms with E-state index in [-0.39, 0.29) is 11.4 Å². The summed E-state index contributed by atoms with van der Waals surface area (Å²) in [6.07, 6.45) is 4.02. The van der Waals surface area contributed by atoms with Gasteiger partial charge in [0.25, 0.3) is 0 Å². The molecule has 1 aliphatic carbocycles. The third-order valence-electron chi connectivity index (χ3n) is 7.85. The number of fused-ring (bicyclic) bond motifs is 6. The maximum atomic E-state index is 15.0. The molecular weight excluding hydrogens is 449 g/mol. The first-order chi connectivity index (χ1) is 16.6. The van der Waals surface area contributed by atoms with Crippen LogP contribution < -0.4 is 15.5 Å². The van der Waals surface area contributed by atoms with Gasteiger partial charge in [0.2, 0.25) is 0 Å². The predicted octanol–water partition coefficient (Wildman–Crippen LogP) is 4.65. The number of halogens is 1. The van der Waals surface area contributed by atoms with Crippen LogP contribution in [0.3, 0.4) is 0 Å². The SMILES string of the molecule is N#CC1=C2N=C(N)c3c(sc4c3C3CCN4CC3)N2C2=C(C(=O)CCC2)C1c1ccccc1F. The molecule has 1 atom stereocenters. The fourth-order valence-electron chi connectivity index (χ4n) is 6.37. The molecular formula is C26H22FN5OS. The van der Waals surface area contributed by atoms with Crippen molar-refractivity contribution in [2.45, 2.75) is 43.9 Å². The zero-order valence-corrected chi connectivity index (χ0v) is 19.3. The molecule has 2 N–H and O–H groups in total. The van der Waals surface area contributed by atoms with Crippen molar-refractivity contribution in [2.75, 3.05) is 22.9 Å². The van der Waals surface area contributed by atoms with Crippen LogP contribution in [0.4, 0.5) is 14.4 Å². The van der Waals surface area contributed by atoms with Gasteiger partial charge in [0.1, 0.15) is 16.7 Å². The Morgan fingerprint density at radius 3 is 2.74 bits per heavy atom. The van der Waals surface area contributed by atoms with Crippen molar-refractivity contribution < 1.29 is 9.18 Å². The van der Waals surface area contributed by atoms with Crippen molar-refractivity contribution in [1.29, 1.82) is 5.26 Å². The smallest absolute Gasteiger partial charge is 0.161 e. The largest absolute Gasteiger partial charge is 0.383 e. The minimum Gasteiger partial charge on any atom is -0.383 e. The molecule has 6 nitrogen and oxygen atoms in total. The standard InChI is InChI=1S/C26H22FN5OS/c27-16-5-2-1-4-14(16)20-15(12-28)24-30-23(29)22-19-13-8-10-31(11-9-13)25(19)34-26(22)32(24)17-6-3-7-18(33)21(17)20/h1-2,4-5,13,20H,3,6-11H2,(H2,29,30). The Hall–Kier alpha value is -3.44. The summed E-state index contributed by atoms with van der Waals surface area (Å²) < 4.78 is 15.0. The maximum absolute atomic E-state index is 15.0. The summed E-state index contributed by atoms with van der Waals surface area (Å²) in [6.45, 7) is 2.09. The summed E-state index contributed by atoms with van der Waals surface area (Å²) in [7, 11) is 0. The molecule has 0 amide bonds. The van der Waals surface area contributed by atoms with E-state index in [1.54, 1.807) is 29.5 Å². The van der Waals surface area contributed by atoms with Crippen molar-refractivity contribution in [3.63, 3.8) is 0 Å². The van der Waals surface area contributed by atoms with E-state index in [1.807, 2.05) is 4.90 Å². The Kier molecular flexibility index (Phi) is 4.13. The Balaban J connectivity index is 1.53. The first kappa shape index (κ1) is 20.0. The summed E-state index contributed by atoms with van der Waals surface area (Å²) in [4.78, 5) is 22.6. The molecule has 0 radical (unpaired) electrons. The van der Waals surface area contributed by atoms with Crippen LogP contribution in [0.1, 0.15) is 60.6 Å². The average Bonchev–Trinajstić information content (AvgIpc) is 3.28. The fraction of sp³-hybridized carbons (Fsp3) is 0.346. The lowest BCUT2D eigenvalue weighted by molar-refractivity contribution is -0.116. The van der Waals surface area contributed by atoms with Gasteiger partial charge in [-0.05, 0) is 37.7 Å². The normalized spacial score (nSPS) is 23.4. The highest BCUT2D eigenvalue weighted by atomic mass is 32.1. The third-order valence-corrected chi connectivity index (χ3v) is 9.10. The molecule has 1 fully saturated rings. The molecule has 6 aliphatic rings. The molecule has 0 spiro atoms. The first-order valence-electron chi connectivity index (χ1n) is 11.8. The van der Waals surface area contributed by atoms with Crippen LogP contribution in [-0.2, 0) is 4.79 Å². The number of anilines is 2. The molecule has 2 bridgehead atoms. The molecule has 34 heavy (non-hydrogen) atoms. The number of allylic oxidation sites excluding steroid dienone is 3. The van der Waals surface area contributed by atoms with Crippen molar-refractivity contribution in [3.8, 4) is 6.07 Å². The van der Waals surface area contributed by atoms with E-state index in [4.69, 9.17) is 10.7 Å². The Morgan fingerprint density at radius 1 is 1.18 bits per heavy atom. The van der Waals surface area contributed by atoms with Crippen molar-refractivity contribution in [1.82, 2.24) is 0 Å². The van der Waals surface area contributed by atoms with Crippen LogP contribution in [-0.4, -0.2) is 24.7 Å². The fourth-order valence-corrected chi connectivity index (χ4v) is 7.85. The lowest BCUT2D eigenvalue weighted by Crippen LogP contribution is -2.40. The number of hydrogen-bond acceptors (Lipinski definition) is 7. The second-order valence-corrected chi connectivity index (χ2v) is 10.5. The predicted molar refractivity (Wildman–Crippen MR) is 129 cm³/mol. The summed E-state index contributed by atoms with van der Waals surface area (Å²) >= 11 is 1.69. The number of piperidine rings is 1. The summed E-state index contributed by atoms with van der Waals surface area (Å²) in [5.74, 6) is 0.105. The molecule has 2 aromatic rings. The van der Waals surface area contributed by atoms with Crippen LogP contribution >= 0.6 is 11.3 Å². The van der Waals surface area contributed by atoms with Gasteiger partial charge in [-0.15, -0.1) is 0 Å². The number of Topliss-reactive ketones (excluding diaryl/α,β-unsaturated/α-hetero) is 1. The van der Waals surface area contributed by atoms with E-state index in [0.29, 0.717) is 41.6 Å². The molecule has 1 unspecified atom stereocenters. The number of ketones is 1. The highest BCUT2D eigenvalue weighted by molar-refractivity contribution is 7.21. The van der Waals surface area contributed by atoms with E-state index in [1.165, 1.54) is 16.6 Å². The molecule has 5 aliphatic heterocycles. The number of nitrogens with zero attached hydrogens (tertiary/aromatic N) is 4. The van der Waals surface area contributed by atoms with E-state index in [0.717, 1.165) is 48.6 Å². The number of rotatable bonds is 1. The molecule has 170 valence electrons. The van der Waals surface area contributed by atoms with Crippen LogP contribution in [0.2, 0.25) is 0 Å². The van der Waals surface area contributed by atoms with Gasteiger partial charge in [-0.1, -0.05) is 29.5 Å². The second kappa shape index (κ2) is 7.03. The Morgan fingerprint density at radius 2 is 1.97 bits per heavy atom.